The second-order valence-electron chi connectivity index (χ2n) is 6.86. The third-order valence-corrected chi connectivity index (χ3v) is 4.36. The summed E-state index contributed by atoms with van der Waals surface area (Å²) in [5.74, 6) is -0.808. The van der Waals surface area contributed by atoms with Crippen molar-refractivity contribution in [3.05, 3.63) is 69.6 Å². The van der Waals surface area contributed by atoms with E-state index in [-0.39, 0.29) is 31.0 Å². The maximum atomic E-state index is 12.8. The second-order valence-corrected chi connectivity index (χ2v) is 6.86. The number of hydrogen-bond acceptors (Lipinski definition) is 5. The normalized spacial score (nSPS) is 10.7. The van der Waals surface area contributed by atoms with E-state index in [0.29, 0.717) is 22.2 Å². The van der Waals surface area contributed by atoms with E-state index in [1.807, 2.05) is 32.0 Å². The van der Waals surface area contributed by atoms with Crippen LogP contribution < -0.4 is 10.9 Å². The van der Waals surface area contributed by atoms with Crippen molar-refractivity contribution in [3.63, 3.8) is 0 Å². The van der Waals surface area contributed by atoms with Crippen LogP contribution in [0.4, 0.5) is 5.69 Å². The summed E-state index contributed by atoms with van der Waals surface area (Å²) < 4.78 is 6.09. The number of ether oxygens (including phenoxy) is 1. The molecular weight excluding hydrogens is 370 g/mol. The Balaban J connectivity index is 1.92. The average Bonchev–Trinajstić information content (AvgIpc) is 2.65. The van der Waals surface area contributed by atoms with Gasteiger partial charge in [0.05, 0.1) is 24.1 Å². The van der Waals surface area contributed by atoms with Gasteiger partial charge in [0.1, 0.15) is 6.54 Å². The Morgan fingerprint density at radius 3 is 2.38 bits per heavy atom. The third-order valence-electron chi connectivity index (χ3n) is 4.36. The number of rotatable bonds is 6. The van der Waals surface area contributed by atoms with Crippen LogP contribution in [0.1, 0.15) is 23.7 Å². The number of hydrogen-bond donors (Lipinski definition) is 1. The molecule has 2 aromatic carbocycles. The predicted molar refractivity (Wildman–Crippen MR) is 111 cm³/mol. The zero-order valence-corrected chi connectivity index (χ0v) is 16.7. The first-order chi connectivity index (χ1) is 13.9. The molecule has 0 aliphatic carbocycles. The quantitative estimate of drug-likeness (QED) is 0.651. The Morgan fingerprint density at radius 2 is 1.72 bits per heavy atom. The molecule has 0 fully saturated rings. The molecule has 0 saturated heterocycles. The van der Waals surface area contributed by atoms with Crippen molar-refractivity contribution in [2.45, 2.75) is 33.7 Å². The number of aryl methyl sites for hydroxylation is 2. The van der Waals surface area contributed by atoms with Crippen molar-refractivity contribution < 1.29 is 14.3 Å². The van der Waals surface area contributed by atoms with E-state index >= 15 is 0 Å². The van der Waals surface area contributed by atoms with Crippen molar-refractivity contribution in [2.24, 2.45) is 0 Å². The standard InChI is InChI=1S/C22H23N3O4/c1-4-29-21(27)12-19-17-7-5-6-8-18(17)22(28)25(24-19)13-20(26)23-16-10-14(2)9-15(3)11-16/h5-11H,4,12-13H2,1-3H3,(H,23,26). The zero-order chi connectivity index (χ0) is 21.0. The SMILES string of the molecule is CCOC(=O)Cc1nn(CC(=O)Nc2cc(C)cc(C)c2)c(=O)c2ccccc12. The van der Waals surface area contributed by atoms with Crippen LogP contribution in [0, 0.1) is 13.8 Å². The molecule has 150 valence electrons. The van der Waals surface area contributed by atoms with Crippen LogP contribution in [0.25, 0.3) is 10.8 Å². The van der Waals surface area contributed by atoms with Gasteiger partial charge in [0.25, 0.3) is 5.56 Å². The minimum Gasteiger partial charge on any atom is -0.466 e. The van der Waals surface area contributed by atoms with Gasteiger partial charge in [-0.1, -0.05) is 24.3 Å². The van der Waals surface area contributed by atoms with E-state index in [1.54, 1.807) is 31.2 Å². The van der Waals surface area contributed by atoms with Gasteiger partial charge in [0.2, 0.25) is 5.91 Å². The number of nitrogens with one attached hydrogen (secondary N) is 1. The Morgan fingerprint density at radius 1 is 1.07 bits per heavy atom. The van der Waals surface area contributed by atoms with Gasteiger partial charge in [0, 0.05) is 11.1 Å². The summed E-state index contributed by atoms with van der Waals surface area (Å²) in [5, 5.41) is 8.06. The molecule has 0 aliphatic heterocycles. The molecule has 1 N–H and O–H groups in total. The fraction of sp³-hybridized carbons (Fsp3) is 0.273. The lowest BCUT2D eigenvalue weighted by molar-refractivity contribution is -0.142. The molecule has 0 atom stereocenters. The molecule has 0 saturated carbocycles. The summed E-state index contributed by atoms with van der Waals surface area (Å²) in [6, 6.07) is 12.6. The van der Waals surface area contributed by atoms with Crippen molar-refractivity contribution in [1.29, 1.82) is 0 Å². The van der Waals surface area contributed by atoms with Gasteiger partial charge >= 0.3 is 5.97 Å². The Labute approximate surface area is 168 Å². The van der Waals surface area contributed by atoms with Crippen LogP contribution in [-0.4, -0.2) is 28.3 Å². The van der Waals surface area contributed by atoms with Gasteiger partial charge in [-0.15, -0.1) is 0 Å². The topological polar surface area (TPSA) is 90.3 Å². The average molecular weight is 393 g/mol. The number of carbonyl (C=O) groups is 2. The molecule has 0 radical (unpaired) electrons. The minimum atomic E-state index is -0.435. The highest BCUT2D eigenvalue weighted by atomic mass is 16.5. The highest BCUT2D eigenvalue weighted by Gasteiger charge is 2.16. The van der Waals surface area contributed by atoms with E-state index in [4.69, 9.17) is 4.74 Å². The highest BCUT2D eigenvalue weighted by Crippen LogP contribution is 2.15. The maximum Gasteiger partial charge on any atom is 0.311 e. The van der Waals surface area contributed by atoms with E-state index in [2.05, 4.69) is 10.4 Å². The van der Waals surface area contributed by atoms with Gasteiger partial charge in [-0.2, -0.15) is 5.10 Å². The summed E-state index contributed by atoms with van der Waals surface area (Å²) in [4.78, 5) is 37.3. The van der Waals surface area contributed by atoms with E-state index in [0.717, 1.165) is 15.8 Å². The number of esters is 1. The van der Waals surface area contributed by atoms with Gasteiger partial charge in [0.15, 0.2) is 0 Å². The van der Waals surface area contributed by atoms with Gasteiger partial charge in [-0.3, -0.25) is 14.4 Å². The summed E-state index contributed by atoms with van der Waals surface area (Å²) in [7, 11) is 0. The number of aromatic nitrogens is 2. The summed E-state index contributed by atoms with van der Waals surface area (Å²) in [5.41, 5.74) is 2.73. The van der Waals surface area contributed by atoms with Gasteiger partial charge in [-0.05, 0) is 50.1 Å². The summed E-state index contributed by atoms with van der Waals surface area (Å²) >= 11 is 0. The number of amides is 1. The Bertz CT molecular complexity index is 1110. The van der Waals surface area contributed by atoms with Crippen LogP contribution >= 0.6 is 0 Å². The first kappa shape index (κ1) is 20.3. The predicted octanol–water partition coefficient (Wildman–Crippen LogP) is 2.76. The maximum absolute atomic E-state index is 12.8. The lowest BCUT2D eigenvalue weighted by atomic mass is 10.1. The van der Waals surface area contributed by atoms with Crippen LogP contribution in [0.3, 0.4) is 0 Å². The molecule has 3 rings (SSSR count). The molecule has 1 amide bonds. The van der Waals surface area contributed by atoms with Crippen molar-refractivity contribution in [1.82, 2.24) is 9.78 Å². The minimum absolute atomic E-state index is 0.0761. The van der Waals surface area contributed by atoms with Crippen molar-refractivity contribution >= 4 is 28.3 Å². The Kier molecular flexibility index (Phi) is 6.07. The van der Waals surface area contributed by atoms with Gasteiger partial charge in [-0.25, -0.2) is 4.68 Å². The first-order valence-electron chi connectivity index (χ1n) is 9.40. The highest BCUT2D eigenvalue weighted by molar-refractivity contribution is 5.91. The summed E-state index contributed by atoms with van der Waals surface area (Å²) in [6.07, 6.45) is -0.0761. The smallest absolute Gasteiger partial charge is 0.311 e. The number of carbonyl (C=O) groups excluding carboxylic acids is 2. The van der Waals surface area contributed by atoms with Crippen molar-refractivity contribution in [3.8, 4) is 0 Å². The molecule has 29 heavy (non-hydrogen) atoms. The fourth-order valence-corrected chi connectivity index (χ4v) is 3.28. The number of nitrogens with zero attached hydrogens (tertiary/aromatic N) is 2. The van der Waals surface area contributed by atoms with Gasteiger partial charge < -0.3 is 10.1 Å². The zero-order valence-electron chi connectivity index (χ0n) is 16.7. The fourth-order valence-electron chi connectivity index (χ4n) is 3.28. The molecule has 0 aliphatic rings. The molecule has 7 heteroatoms. The lowest BCUT2D eigenvalue weighted by Crippen LogP contribution is -2.31. The summed E-state index contributed by atoms with van der Waals surface area (Å²) in [6.45, 7) is 5.61. The van der Waals surface area contributed by atoms with Crippen molar-refractivity contribution in [2.75, 3.05) is 11.9 Å². The monoisotopic (exact) mass is 393 g/mol. The number of fused-ring (bicyclic) bond motifs is 1. The molecule has 3 aromatic rings. The van der Waals surface area contributed by atoms with Crippen LogP contribution in [0.2, 0.25) is 0 Å². The van der Waals surface area contributed by atoms with E-state index < -0.39 is 5.97 Å². The lowest BCUT2D eigenvalue weighted by Gasteiger charge is -2.12. The second kappa shape index (κ2) is 8.68. The molecular formula is C22H23N3O4. The number of anilines is 1. The first-order valence-corrected chi connectivity index (χ1v) is 9.40. The largest absolute Gasteiger partial charge is 0.466 e. The number of benzene rings is 2. The van der Waals surface area contributed by atoms with Crippen LogP contribution in [0.5, 0.6) is 0 Å². The third kappa shape index (κ3) is 4.87. The van der Waals surface area contributed by atoms with E-state index in [9.17, 15) is 14.4 Å². The molecule has 7 nitrogen and oxygen atoms in total. The molecule has 0 unspecified atom stereocenters. The molecule has 1 aromatic heterocycles. The molecule has 1 heterocycles. The van der Waals surface area contributed by atoms with E-state index in [1.165, 1.54) is 0 Å². The van der Waals surface area contributed by atoms with Crippen LogP contribution in [-0.2, 0) is 27.3 Å². The molecule has 0 bridgehead atoms. The van der Waals surface area contributed by atoms with Crippen LogP contribution in [0.15, 0.2) is 47.3 Å². The molecule has 0 spiro atoms. The Hall–Kier alpha value is -3.48.